The highest BCUT2D eigenvalue weighted by Crippen LogP contribution is 2.25. The summed E-state index contributed by atoms with van der Waals surface area (Å²) in [6.45, 7) is 9.65. The molecule has 0 atom stereocenters. The van der Waals surface area contributed by atoms with Gasteiger partial charge in [-0.15, -0.1) is 0 Å². The molecule has 1 aliphatic heterocycles. The van der Waals surface area contributed by atoms with Gasteiger partial charge in [-0.05, 0) is 48.0 Å². The normalized spacial score (nSPS) is 16.8. The van der Waals surface area contributed by atoms with Crippen molar-refractivity contribution in [3.05, 3.63) is 41.5 Å². The third-order valence-electron chi connectivity index (χ3n) is 4.21. The summed E-state index contributed by atoms with van der Waals surface area (Å²) in [7, 11) is 1.43. The largest absolute Gasteiger partial charge is 0.466 e. The highest BCUT2D eigenvalue weighted by Gasteiger charge is 2.17. The molecule has 0 spiro atoms. The van der Waals surface area contributed by atoms with Gasteiger partial charge in [0.15, 0.2) is 0 Å². The molecule has 0 bridgehead atoms. The van der Waals surface area contributed by atoms with Crippen molar-refractivity contribution in [1.82, 2.24) is 4.90 Å². The molecular formula is C19H27NO2. The molecule has 0 N–H and O–H groups in total. The van der Waals surface area contributed by atoms with Gasteiger partial charge in [-0.1, -0.05) is 45.0 Å². The maximum atomic E-state index is 11.7. The Labute approximate surface area is 134 Å². The van der Waals surface area contributed by atoms with Crippen LogP contribution in [0.1, 0.15) is 44.7 Å². The standard InChI is InChI=1S/C19H27NO2/c1-19(2,3)17-9-7-15(8-10-17)16(13-18(21)22-4)14-20-11-5-6-12-20/h7-10,13H,5-6,11-12,14H2,1-4H3/b16-13+. The molecule has 0 aromatic heterocycles. The molecule has 1 aromatic rings. The van der Waals surface area contributed by atoms with E-state index in [0.29, 0.717) is 0 Å². The van der Waals surface area contributed by atoms with E-state index in [4.69, 9.17) is 4.74 Å². The Morgan fingerprint density at radius 3 is 2.27 bits per heavy atom. The first kappa shape index (κ1) is 16.8. The quantitative estimate of drug-likeness (QED) is 0.628. The highest BCUT2D eigenvalue weighted by atomic mass is 16.5. The van der Waals surface area contributed by atoms with Gasteiger partial charge in [0.25, 0.3) is 0 Å². The summed E-state index contributed by atoms with van der Waals surface area (Å²) < 4.78 is 4.81. The summed E-state index contributed by atoms with van der Waals surface area (Å²) in [6.07, 6.45) is 4.12. The second-order valence-electron chi connectivity index (χ2n) is 7.00. The molecule has 120 valence electrons. The molecule has 1 fully saturated rings. The third-order valence-corrected chi connectivity index (χ3v) is 4.21. The van der Waals surface area contributed by atoms with E-state index >= 15 is 0 Å². The molecule has 0 radical (unpaired) electrons. The molecule has 2 rings (SSSR count). The van der Waals surface area contributed by atoms with Gasteiger partial charge in [-0.25, -0.2) is 4.79 Å². The van der Waals surface area contributed by atoms with Crippen LogP contribution in [0.3, 0.4) is 0 Å². The van der Waals surface area contributed by atoms with Gasteiger partial charge in [-0.3, -0.25) is 4.90 Å². The molecule has 3 nitrogen and oxygen atoms in total. The summed E-state index contributed by atoms with van der Waals surface area (Å²) in [5, 5.41) is 0. The van der Waals surface area contributed by atoms with Crippen LogP contribution in [-0.2, 0) is 14.9 Å². The predicted octanol–water partition coefficient (Wildman–Crippen LogP) is 3.64. The van der Waals surface area contributed by atoms with Gasteiger partial charge in [0.05, 0.1) is 7.11 Å². The predicted molar refractivity (Wildman–Crippen MR) is 90.8 cm³/mol. The molecule has 0 amide bonds. The second-order valence-corrected chi connectivity index (χ2v) is 7.00. The zero-order chi connectivity index (χ0) is 16.2. The lowest BCUT2D eigenvalue weighted by Gasteiger charge is -2.21. The van der Waals surface area contributed by atoms with Gasteiger partial charge in [0, 0.05) is 12.6 Å². The van der Waals surface area contributed by atoms with E-state index < -0.39 is 0 Å². The lowest BCUT2D eigenvalue weighted by atomic mass is 9.86. The molecule has 1 heterocycles. The van der Waals surface area contributed by atoms with Gasteiger partial charge in [0.2, 0.25) is 0 Å². The first-order chi connectivity index (χ1) is 10.4. The first-order valence-electron chi connectivity index (χ1n) is 8.02. The number of ether oxygens (including phenoxy) is 1. The fourth-order valence-corrected chi connectivity index (χ4v) is 2.79. The molecule has 1 aliphatic rings. The molecular weight excluding hydrogens is 274 g/mol. The minimum atomic E-state index is -0.283. The Balaban J connectivity index is 2.23. The van der Waals surface area contributed by atoms with Gasteiger partial charge < -0.3 is 4.74 Å². The Kier molecular flexibility index (Phi) is 5.41. The number of likely N-dealkylation sites (tertiary alicyclic amines) is 1. The molecule has 1 aromatic carbocycles. The molecule has 0 saturated carbocycles. The van der Waals surface area contributed by atoms with Crippen LogP contribution >= 0.6 is 0 Å². The number of rotatable bonds is 4. The summed E-state index contributed by atoms with van der Waals surface area (Å²) in [4.78, 5) is 14.1. The lowest BCUT2D eigenvalue weighted by Crippen LogP contribution is -2.22. The van der Waals surface area contributed by atoms with Crippen LogP contribution in [0.2, 0.25) is 0 Å². The lowest BCUT2D eigenvalue weighted by molar-refractivity contribution is -0.134. The van der Waals surface area contributed by atoms with Gasteiger partial charge in [-0.2, -0.15) is 0 Å². The van der Waals surface area contributed by atoms with Crippen LogP contribution in [0, 0.1) is 0 Å². The van der Waals surface area contributed by atoms with E-state index in [1.54, 1.807) is 6.08 Å². The Hall–Kier alpha value is -1.61. The number of hydrogen-bond donors (Lipinski definition) is 0. The molecule has 0 aliphatic carbocycles. The van der Waals surface area contributed by atoms with Crippen LogP contribution in [0.5, 0.6) is 0 Å². The average molecular weight is 301 g/mol. The van der Waals surface area contributed by atoms with E-state index in [1.165, 1.54) is 25.5 Å². The molecule has 1 saturated heterocycles. The number of carbonyl (C=O) groups excluding carboxylic acids is 1. The van der Waals surface area contributed by atoms with Crippen molar-refractivity contribution in [1.29, 1.82) is 0 Å². The Morgan fingerprint density at radius 1 is 1.18 bits per heavy atom. The first-order valence-corrected chi connectivity index (χ1v) is 8.02. The fourth-order valence-electron chi connectivity index (χ4n) is 2.79. The van der Waals surface area contributed by atoms with Crippen LogP contribution in [-0.4, -0.2) is 37.6 Å². The maximum Gasteiger partial charge on any atom is 0.330 e. The topological polar surface area (TPSA) is 29.5 Å². The van der Waals surface area contributed by atoms with Crippen molar-refractivity contribution >= 4 is 11.5 Å². The van der Waals surface area contributed by atoms with Crippen LogP contribution in [0.4, 0.5) is 0 Å². The van der Waals surface area contributed by atoms with Crippen LogP contribution < -0.4 is 0 Å². The maximum absolute atomic E-state index is 11.7. The Bertz CT molecular complexity index is 532. The summed E-state index contributed by atoms with van der Waals surface area (Å²) in [6, 6.07) is 8.55. The van der Waals surface area contributed by atoms with E-state index in [-0.39, 0.29) is 11.4 Å². The number of benzene rings is 1. The number of carbonyl (C=O) groups is 1. The molecule has 0 unspecified atom stereocenters. The zero-order valence-electron chi connectivity index (χ0n) is 14.2. The monoisotopic (exact) mass is 301 g/mol. The second kappa shape index (κ2) is 7.10. The van der Waals surface area contributed by atoms with E-state index in [0.717, 1.165) is 30.8 Å². The van der Waals surface area contributed by atoms with Crippen molar-refractivity contribution < 1.29 is 9.53 Å². The zero-order valence-corrected chi connectivity index (χ0v) is 14.2. The molecule has 3 heteroatoms. The SMILES string of the molecule is COC(=O)/C=C(\CN1CCCC1)c1ccc(C(C)(C)C)cc1. The van der Waals surface area contributed by atoms with Gasteiger partial charge >= 0.3 is 5.97 Å². The fraction of sp³-hybridized carbons (Fsp3) is 0.526. The smallest absolute Gasteiger partial charge is 0.330 e. The summed E-state index contributed by atoms with van der Waals surface area (Å²) in [5.74, 6) is -0.283. The minimum Gasteiger partial charge on any atom is -0.466 e. The number of nitrogens with zero attached hydrogens (tertiary/aromatic N) is 1. The number of esters is 1. The summed E-state index contributed by atoms with van der Waals surface area (Å²) in [5.41, 5.74) is 3.58. The average Bonchev–Trinajstić information content (AvgIpc) is 2.98. The summed E-state index contributed by atoms with van der Waals surface area (Å²) >= 11 is 0. The third kappa shape index (κ3) is 4.44. The van der Waals surface area contributed by atoms with Crippen LogP contribution in [0.25, 0.3) is 5.57 Å². The van der Waals surface area contributed by atoms with E-state index in [2.05, 4.69) is 49.9 Å². The number of methoxy groups -OCH3 is 1. The molecule has 22 heavy (non-hydrogen) atoms. The van der Waals surface area contributed by atoms with Crippen molar-refractivity contribution in [2.75, 3.05) is 26.7 Å². The van der Waals surface area contributed by atoms with Crippen molar-refractivity contribution in [3.8, 4) is 0 Å². The van der Waals surface area contributed by atoms with Crippen molar-refractivity contribution in [2.45, 2.75) is 39.0 Å². The minimum absolute atomic E-state index is 0.139. The van der Waals surface area contributed by atoms with Crippen molar-refractivity contribution in [2.24, 2.45) is 0 Å². The van der Waals surface area contributed by atoms with E-state index in [9.17, 15) is 4.79 Å². The van der Waals surface area contributed by atoms with Crippen molar-refractivity contribution in [3.63, 3.8) is 0 Å². The van der Waals surface area contributed by atoms with Crippen LogP contribution in [0.15, 0.2) is 30.3 Å². The van der Waals surface area contributed by atoms with E-state index in [1.807, 2.05) is 0 Å². The Morgan fingerprint density at radius 2 is 1.77 bits per heavy atom. The van der Waals surface area contributed by atoms with Gasteiger partial charge in [0.1, 0.15) is 0 Å². The number of hydrogen-bond acceptors (Lipinski definition) is 3. The highest BCUT2D eigenvalue weighted by molar-refractivity contribution is 5.91.